The first-order valence-corrected chi connectivity index (χ1v) is 13.0. The van der Waals surface area contributed by atoms with Crippen LogP contribution >= 0.6 is 23.1 Å². The van der Waals surface area contributed by atoms with Crippen molar-refractivity contribution in [2.45, 2.75) is 24.4 Å². The third kappa shape index (κ3) is 4.23. The van der Waals surface area contributed by atoms with E-state index in [2.05, 4.69) is 34.1 Å². The van der Waals surface area contributed by atoms with Crippen molar-refractivity contribution in [3.63, 3.8) is 0 Å². The van der Waals surface area contributed by atoms with Gasteiger partial charge in [0.2, 0.25) is 0 Å². The van der Waals surface area contributed by atoms with Crippen LogP contribution in [-0.2, 0) is 0 Å². The lowest BCUT2D eigenvalue weighted by Crippen LogP contribution is -2.48. The average Bonchev–Trinajstić information content (AvgIpc) is 3.28. The first-order valence-electron chi connectivity index (χ1n) is 10.9. The number of nitrogens with zero attached hydrogens (tertiary/aromatic N) is 5. The van der Waals surface area contributed by atoms with Crippen LogP contribution in [0.25, 0.3) is 10.2 Å². The molecule has 4 heterocycles. The second kappa shape index (κ2) is 9.04. The number of rotatable bonds is 4. The van der Waals surface area contributed by atoms with Crippen LogP contribution in [0.15, 0.2) is 41.6 Å². The topological polar surface area (TPSA) is 52.6 Å². The number of thioether (sulfide) groups is 1. The number of hydrogen-bond acceptors (Lipinski definition) is 7. The highest BCUT2D eigenvalue weighted by molar-refractivity contribution is 7.98. The normalized spacial score (nSPS) is 17.4. The molecule has 0 atom stereocenters. The lowest BCUT2D eigenvalue weighted by molar-refractivity contribution is 0.0751. The number of carbonyl (C=O) groups is 1. The molecule has 162 valence electrons. The Kier molecular flexibility index (Phi) is 6.00. The minimum absolute atomic E-state index is 0.117. The molecule has 2 saturated heterocycles. The Morgan fingerprint density at radius 1 is 0.935 bits per heavy atom. The van der Waals surface area contributed by atoms with Gasteiger partial charge in [-0.1, -0.05) is 30.0 Å². The molecule has 5 rings (SSSR count). The van der Waals surface area contributed by atoms with Crippen molar-refractivity contribution < 1.29 is 4.79 Å². The second-order valence-electron chi connectivity index (χ2n) is 8.03. The molecular weight excluding hydrogens is 426 g/mol. The zero-order valence-electron chi connectivity index (χ0n) is 17.8. The van der Waals surface area contributed by atoms with Crippen LogP contribution in [0.4, 0.5) is 11.5 Å². The molecule has 2 aromatic heterocycles. The molecule has 2 aliphatic heterocycles. The molecule has 0 N–H and O–H groups in total. The lowest BCUT2D eigenvalue weighted by Gasteiger charge is -2.35. The zero-order valence-corrected chi connectivity index (χ0v) is 19.4. The van der Waals surface area contributed by atoms with Gasteiger partial charge in [0.15, 0.2) is 5.16 Å². The predicted octanol–water partition coefficient (Wildman–Crippen LogP) is 4.37. The smallest absolute Gasteiger partial charge is 0.264 e. The van der Waals surface area contributed by atoms with Gasteiger partial charge in [-0.15, -0.1) is 11.3 Å². The van der Waals surface area contributed by atoms with Gasteiger partial charge in [0.1, 0.15) is 10.6 Å². The Hall–Kier alpha value is -2.32. The van der Waals surface area contributed by atoms with Crippen molar-refractivity contribution >= 4 is 50.7 Å². The van der Waals surface area contributed by atoms with Crippen molar-refractivity contribution in [1.29, 1.82) is 0 Å². The summed E-state index contributed by atoms with van der Waals surface area (Å²) in [5.41, 5.74) is 1.22. The van der Waals surface area contributed by atoms with E-state index in [1.165, 1.54) is 36.3 Å². The Bertz CT molecular complexity index is 1060. The van der Waals surface area contributed by atoms with Crippen LogP contribution in [0.1, 0.15) is 28.9 Å². The Balaban J connectivity index is 1.37. The van der Waals surface area contributed by atoms with E-state index in [1.54, 1.807) is 11.8 Å². The molecule has 0 aliphatic carbocycles. The Morgan fingerprint density at radius 3 is 2.39 bits per heavy atom. The fourth-order valence-corrected chi connectivity index (χ4v) is 5.81. The second-order valence-corrected chi connectivity index (χ2v) is 9.83. The van der Waals surface area contributed by atoms with E-state index >= 15 is 0 Å². The van der Waals surface area contributed by atoms with Gasteiger partial charge in [0.25, 0.3) is 5.91 Å². The van der Waals surface area contributed by atoms with Crippen LogP contribution < -0.4 is 9.80 Å². The number of carbonyl (C=O) groups excluding carboxylic acids is 1. The molecule has 0 spiro atoms. The van der Waals surface area contributed by atoms with Gasteiger partial charge in [0.05, 0.1) is 10.3 Å². The summed E-state index contributed by atoms with van der Waals surface area (Å²) in [7, 11) is 0. The Morgan fingerprint density at radius 2 is 1.68 bits per heavy atom. The van der Waals surface area contributed by atoms with Crippen molar-refractivity contribution in [2.24, 2.45) is 0 Å². The molecule has 2 aliphatic rings. The molecule has 1 amide bonds. The number of hydrogen-bond donors (Lipinski definition) is 0. The molecule has 6 nitrogen and oxygen atoms in total. The minimum atomic E-state index is 0.117. The van der Waals surface area contributed by atoms with E-state index in [0.717, 1.165) is 65.3 Å². The van der Waals surface area contributed by atoms with Crippen molar-refractivity contribution in [3.8, 4) is 0 Å². The number of benzene rings is 1. The molecular formula is C23H27N5OS2. The van der Waals surface area contributed by atoms with Crippen LogP contribution in [0.2, 0.25) is 0 Å². The number of fused-ring (bicyclic) bond motifs is 1. The van der Waals surface area contributed by atoms with Gasteiger partial charge < -0.3 is 14.7 Å². The molecule has 3 aromatic rings. The third-order valence-electron chi connectivity index (χ3n) is 6.09. The van der Waals surface area contributed by atoms with Crippen molar-refractivity contribution in [1.82, 2.24) is 14.9 Å². The van der Waals surface area contributed by atoms with E-state index in [4.69, 9.17) is 9.97 Å². The summed E-state index contributed by atoms with van der Waals surface area (Å²) in [4.78, 5) is 31.2. The van der Waals surface area contributed by atoms with Gasteiger partial charge in [-0.05, 0) is 43.7 Å². The number of aromatic nitrogens is 2. The number of piperidine rings is 1. The molecule has 31 heavy (non-hydrogen) atoms. The largest absolute Gasteiger partial charge is 0.368 e. The first-order chi connectivity index (χ1) is 15.2. The van der Waals surface area contributed by atoms with Gasteiger partial charge in [0, 0.05) is 45.0 Å². The molecule has 0 bridgehead atoms. The zero-order chi connectivity index (χ0) is 21.2. The van der Waals surface area contributed by atoms with E-state index in [0.29, 0.717) is 0 Å². The average molecular weight is 454 g/mol. The SMILES string of the molecule is CSc1nc(N2CCCCC2)c2cc(C(=O)N3CCN(c4ccccc4)CC3)sc2n1. The number of thiophene rings is 1. The van der Waals surface area contributed by atoms with Crippen LogP contribution in [0.3, 0.4) is 0 Å². The summed E-state index contributed by atoms with van der Waals surface area (Å²) < 4.78 is 0. The summed E-state index contributed by atoms with van der Waals surface area (Å²) in [6.45, 7) is 5.25. The van der Waals surface area contributed by atoms with Crippen LogP contribution in [0, 0.1) is 0 Å². The molecule has 0 saturated carbocycles. The maximum absolute atomic E-state index is 13.3. The maximum atomic E-state index is 13.3. The van der Waals surface area contributed by atoms with Gasteiger partial charge in [-0.3, -0.25) is 4.79 Å². The fourth-order valence-electron chi connectivity index (χ4n) is 4.39. The quantitative estimate of drug-likeness (QED) is 0.432. The number of para-hydroxylation sites is 1. The van der Waals surface area contributed by atoms with E-state index in [1.807, 2.05) is 23.3 Å². The summed E-state index contributed by atoms with van der Waals surface area (Å²) in [5.74, 6) is 1.12. The molecule has 0 radical (unpaired) electrons. The summed E-state index contributed by atoms with van der Waals surface area (Å²) in [5, 5.41) is 1.81. The van der Waals surface area contributed by atoms with Gasteiger partial charge in [-0.2, -0.15) is 0 Å². The summed E-state index contributed by atoms with van der Waals surface area (Å²) in [6.07, 6.45) is 5.68. The fraction of sp³-hybridized carbons (Fsp3) is 0.435. The highest BCUT2D eigenvalue weighted by atomic mass is 32.2. The van der Waals surface area contributed by atoms with Gasteiger partial charge >= 0.3 is 0 Å². The Labute approximate surface area is 191 Å². The monoisotopic (exact) mass is 453 g/mol. The predicted molar refractivity (Wildman–Crippen MR) is 130 cm³/mol. The van der Waals surface area contributed by atoms with Crippen molar-refractivity contribution in [2.75, 3.05) is 55.3 Å². The van der Waals surface area contributed by atoms with E-state index in [-0.39, 0.29) is 5.91 Å². The standard InChI is InChI=1S/C23H27N5OS2/c1-30-23-24-20(27-10-6-3-7-11-27)18-16-19(31-21(18)25-23)22(29)28-14-12-26(13-15-28)17-8-4-2-5-9-17/h2,4-5,8-9,16H,3,6-7,10-15H2,1H3. The molecule has 8 heteroatoms. The highest BCUT2D eigenvalue weighted by Crippen LogP contribution is 2.34. The first kappa shape index (κ1) is 20.6. The van der Waals surface area contributed by atoms with E-state index in [9.17, 15) is 4.79 Å². The lowest BCUT2D eigenvalue weighted by atomic mass is 10.1. The number of anilines is 2. The third-order valence-corrected chi connectivity index (χ3v) is 7.65. The van der Waals surface area contributed by atoms with E-state index < -0.39 is 0 Å². The highest BCUT2D eigenvalue weighted by Gasteiger charge is 2.26. The summed E-state index contributed by atoms with van der Waals surface area (Å²) >= 11 is 3.07. The summed E-state index contributed by atoms with van der Waals surface area (Å²) in [6, 6.07) is 12.5. The van der Waals surface area contributed by atoms with Crippen LogP contribution in [0.5, 0.6) is 0 Å². The number of piperazine rings is 1. The maximum Gasteiger partial charge on any atom is 0.264 e. The molecule has 2 fully saturated rings. The molecule has 1 aromatic carbocycles. The number of amides is 1. The van der Waals surface area contributed by atoms with Crippen LogP contribution in [-0.4, -0.2) is 66.3 Å². The van der Waals surface area contributed by atoms with Gasteiger partial charge in [-0.25, -0.2) is 9.97 Å². The molecule has 0 unspecified atom stereocenters. The minimum Gasteiger partial charge on any atom is -0.368 e. The van der Waals surface area contributed by atoms with Crippen molar-refractivity contribution in [3.05, 3.63) is 41.3 Å².